The first-order valence-corrected chi connectivity index (χ1v) is 11.6. The number of nitrogens with zero attached hydrogens (tertiary/aromatic N) is 1. The van der Waals surface area contributed by atoms with Crippen molar-refractivity contribution in [2.24, 2.45) is 0 Å². The fraction of sp³-hybridized carbons (Fsp3) is 0.154. The van der Waals surface area contributed by atoms with Gasteiger partial charge in [0.05, 0.1) is 28.2 Å². The predicted molar refractivity (Wildman–Crippen MR) is 133 cm³/mol. The number of aryl methyl sites for hydroxylation is 1. The van der Waals surface area contributed by atoms with Crippen LogP contribution in [0.4, 0.5) is 10.1 Å². The lowest BCUT2D eigenvalue weighted by Crippen LogP contribution is -2.29. The molecule has 4 rings (SSSR count). The lowest BCUT2D eigenvalue weighted by Gasteiger charge is -2.26. The highest BCUT2D eigenvalue weighted by Gasteiger charge is 2.47. The summed E-state index contributed by atoms with van der Waals surface area (Å²) >= 11 is 9.35. The van der Waals surface area contributed by atoms with Gasteiger partial charge in [-0.15, -0.1) is 0 Å². The van der Waals surface area contributed by atoms with Crippen LogP contribution in [-0.2, 0) is 16.0 Å². The average Bonchev–Trinajstić information content (AvgIpc) is 3.10. The summed E-state index contributed by atoms with van der Waals surface area (Å²) < 4.78 is 19.6. The van der Waals surface area contributed by atoms with E-state index in [0.717, 1.165) is 18.1 Å². The van der Waals surface area contributed by atoms with Crippen LogP contribution in [0.5, 0.6) is 5.75 Å². The van der Waals surface area contributed by atoms with Crippen molar-refractivity contribution < 1.29 is 23.8 Å². The topological polar surface area (TPSA) is 66.8 Å². The molecular formula is C26H20BrClFNO4. The van der Waals surface area contributed by atoms with Gasteiger partial charge in [-0.1, -0.05) is 42.8 Å². The van der Waals surface area contributed by atoms with Crippen LogP contribution in [0, 0.1) is 5.82 Å². The zero-order valence-corrected chi connectivity index (χ0v) is 20.7. The first kappa shape index (κ1) is 24.0. The quantitative estimate of drug-likeness (QED) is 0.228. The van der Waals surface area contributed by atoms with Crippen molar-refractivity contribution >= 4 is 50.7 Å². The Labute approximate surface area is 209 Å². The first-order valence-electron chi connectivity index (χ1n) is 10.5. The molecule has 0 spiro atoms. The summed E-state index contributed by atoms with van der Waals surface area (Å²) in [5.41, 5.74) is 2.19. The highest BCUT2D eigenvalue weighted by atomic mass is 79.9. The van der Waals surface area contributed by atoms with Crippen LogP contribution in [-0.4, -0.2) is 23.9 Å². The van der Waals surface area contributed by atoms with E-state index in [2.05, 4.69) is 15.9 Å². The molecule has 34 heavy (non-hydrogen) atoms. The summed E-state index contributed by atoms with van der Waals surface area (Å²) in [7, 11) is 1.51. The number of benzene rings is 3. The van der Waals surface area contributed by atoms with E-state index in [0.29, 0.717) is 21.3 Å². The van der Waals surface area contributed by atoms with E-state index < -0.39 is 23.5 Å². The van der Waals surface area contributed by atoms with E-state index in [1.165, 1.54) is 24.1 Å². The third-order valence-corrected chi connectivity index (χ3v) is 6.66. The van der Waals surface area contributed by atoms with E-state index in [4.69, 9.17) is 16.3 Å². The number of rotatable bonds is 5. The molecule has 1 fully saturated rings. The summed E-state index contributed by atoms with van der Waals surface area (Å²) in [5.74, 6) is -2.13. The molecule has 3 aromatic rings. The number of aliphatic hydroxyl groups is 1. The second-order valence-electron chi connectivity index (χ2n) is 7.71. The summed E-state index contributed by atoms with van der Waals surface area (Å²) in [6.45, 7) is 2.02. The van der Waals surface area contributed by atoms with E-state index in [9.17, 15) is 19.1 Å². The van der Waals surface area contributed by atoms with Crippen LogP contribution in [0.3, 0.4) is 0 Å². The van der Waals surface area contributed by atoms with Gasteiger partial charge in [0.25, 0.3) is 11.7 Å². The summed E-state index contributed by atoms with van der Waals surface area (Å²) in [5, 5.41) is 11.0. The number of methoxy groups -OCH3 is 1. The van der Waals surface area contributed by atoms with Crippen molar-refractivity contribution in [3.05, 3.63) is 98.2 Å². The molecule has 0 bridgehead atoms. The first-order chi connectivity index (χ1) is 16.3. The van der Waals surface area contributed by atoms with Crippen molar-refractivity contribution in [3.8, 4) is 5.75 Å². The largest absolute Gasteiger partial charge is 0.507 e. The Bertz CT molecular complexity index is 1320. The number of Topliss-reactive ketones (excluding diaryl/α,β-unsaturated/α-hetero) is 1. The molecule has 0 radical (unpaired) electrons. The van der Waals surface area contributed by atoms with E-state index in [1.807, 2.05) is 31.2 Å². The van der Waals surface area contributed by atoms with Gasteiger partial charge in [0.2, 0.25) is 0 Å². The number of hydrogen-bond acceptors (Lipinski definition) is 4. The van der Waals surface area contributed by atoms with Crippen molar-refractivity contribution in [1.82, 2.24) is 0 Å². The summed E-state index contributed by atoms with van der Waals surface area (Å²) in [6.07, 6.45) is 0.813. The molecular weight excluding hydrogens is 525 g/mol. The van der Waals surface area contributed by atoms with E-state index in [-0.39, 0.29) is 22.0 Å². The minimum atomic E-state index is -0.937. The maximum Gasteiger partial charge on any atom is 0.300 e. The normalized spacial score (nSPS) is 17.3. The number of halogens is 3. The molecule has 0 saturated carbocycles. The number of anilines is 1. The Hall–Kier alpha value is -3.16. The van der Waals surface area contributed by atoms with E-state index in [1.54, 1.807) is 18.2 Å². The highest BCUT2D eigenvalue weighted by Crippen LogP contribution is 2.43. The number of carbonyl (C=O) groups is 2. The number of hydrogen-bond donors (Lipinski definition) is 1. The smallest absolute Gasteiger partial charge is 0.300 e. The Morgan fingerprint density at radius 3 is 2.41 bits per heavy atom. The lowest BCUT2D eigenvalue weighted by atomic mass is 9.94. The van der Waals surface area contributed by atoms with Gasteiger partial charge in [0, 0.05) is 11.3 Å². The van der Waals surface area contributed by atoms with Gasteiger partial charge in [-0.2, -0.15) is 0 Å². The molecule has 1 aliphatic rings. The molecule has 1 saturated heterocycles. The Balaban J connectivity index is 1.94. The number of ether oxygens (including phenoxy) is 1. The van der Waals surface area contributed by atoms with Gasteiger partial charge < -0.3 is 9.84 Å². The Morgan fingerprint density at radius 2 is 1.82 bits per heavy atom. The molecule has 1 aliphatic heterocycles. The third kappa shape index (κ3) is 4.21. The second kappa shape index (κ2) is 9.60. The Morgan fingerprint density at radius 1 is 1.12 bits per heavy atom. The van der Waals surface area contributed by atoms with Gasteiger partial charge in [-0.25, -0.2) is 4.39 Å². The maximum absolute atomic E-state index is 13.8. The summed E-state index contributed by atoms with van der Waals surface area (Å²) in [4.78, 5) is 27.6. The number of ketones is 1. The third-order valence-electron chi connectivity index (χ3n) is 5.75. The van der Waals surface area contributed by atoms with Gasteiger partial charge in [0.15, 0.2) is 0 Å². The van der Waals surface area contributed by atoms with Crippen molar-refractivity contribution in [2.75, 3.05) is 12.0 Å². The average molecular weight is 545 g/mol. The van der Waals surface area contributed by atoms with Gasteiger partial charge in [-0.3, -0.25) is 14.5 Å². The van der Waals surface area contributed by atoms with Crippen molar-refractivity contribution in [2.45, 2.75) is 19.4 Å². The standard InChI is InChI=1S/C26H20BrClFNO4/c1-3-14-4-6-15(7-5-14)23-22(24(31)16-8-11-21(34-2)18(27)12-16)25(32)26(33)30(23)17-9-10-20(29)19(28)13-17/h4-13,23,31H,3H2,1-2H3/b24-22+. The minimum Gasteiger partial charge on any atom is -0.507 e. The molecule has 1 heterocycles. The predicted octanol–water partition coefficient (Wildman–Crippen LogP) is 6.44. The molecule has 174 valence electrons. The summed E-state index contributed by atoms with van der Waals surface area (Å²) in [6, 6.07) is 15.1. The van der Waals surface area contributed by atoms with Gasteiger partial charge >= 0.3 is 0 Å². The van der Waals surface area contributed by atoms with Crippen molar-refractivity contribution in [1.29, 1.82) is 0 Å². The molecule has 1 N–H and O–H groups in total. The second-order valence-corrected chi connectivity index (χ2v) is 8.97. The maximum atomic E-state index is 13.8. The van der Waals surface area contributed by atoms with Crippen LogP contribution in [0.25, 0.3) is 5.76 Å². The number of carbonyl (C=O) groups excluding carboxylic acids is 2. The van der Waals surface area contributed by atoms with Crippen LogP contribution in [0.2, 0.25) is 5.02 Å². The fourth-order valence-corrected chi connectivity index (χ4v) is 4.67. The molecule has 1 unspecified atom stereocenters. The Kier molecular flexibility index (Phi) is 6.77. The monoisotopic (exact) mass is 543 g/mol. The SMILES string of the molecule is CCc1ccc(C2/C(=C(\O)c3ccc(OC)c(Br)c3)C(=O)C(=O)N2c2ccc(F)c(Cl)c2)cc1. The van der Waals surface area contributed by atoms with Crippen LogP contribution < -0.4 is 9.64 Å². The van der Waals surface area contributed by atoms with Crippen molar-refractivity contribution in [3.63, 3.8) is 0 Å². The molecule has 1 amide bonds. The van der Waals surface area contributed by atoms with Crippen LogP contribution in [0.15, 0.2) is 70.7 Å². The number of amides is 1. The molecule has 8 heteroatoms. The van der Waals surface area contributed by atoms with Gasteiger partial charge in [0.1, 0.15) is 17.3 Å². The molecule has 0 aliphatic carbocycles. The molecule has 1 atom stereocenters. The van der Waals surface area contributed by atoms with Crippen LogP contribution >= 0.6 is 27.5 Å². The minimum absolute atomic E-state index is 0.0771. The zero-order valence-electron chi connectivity index (χ0n) is 18.3. The highest BCUT2D eigenvalue weighted by molar-refractivity contribution is 9.10. The fourth-order valence-electron chi connectivity index (χ4n) is 3.95. The molecule has 5 nitrogen and oxygen atoms in total. The molecule has 0 aromatic heterocycles. The van der Waals surface area contributed by atoms with Crippen LogP contribution in [0.1, 0.15) is 29.7 Å². The van der Waals surface area contributed by atoms with Gasteiger partial charge in [-0.05, 0) is 69.9 Å². The lowest BCUT2D eigenvalue weighted by molar-refractivity contribution is -0.132. The molecule has 3 aromatic carbocycles. The zero-order chi connectivity index (χ0) is 24.6. The van der Waals surface area contributed by atoms with E-state index >= 15 is 0 Å². The number of aliphatic hydroxyl groups excluding tert-OH is 1.